The first kappa shape index (κ1) is 15.5. The van der Waals surface area contributed by atoms with Crippen LogP contribution in [0.1, 0.15) is 19.3 Å². The summed E-state index contributed by atoms with van der Waals surface area (Å²) in [7, 11) is -3.17. The Labute approximate surface area is 120 Å². The predicted octanol–water partition coefficient (Wildman–Crippen LogP) is -0.322. The average molecular weight is 301 g/mol. The van der Waals surface area contributed by atoms with Crippen LogP contribution in [0.3, 0.4) is 0 Å². The Bertz CT molecular complexity index is 489. The second kappa shape index (κ2) is 6.24. The molecule has 0 aromatic carbocycles. The lowest BCUT2D eigenvalue weighted by Gasteiger charge is -2.34. The van der Waals surface area contributed by atoms with E-state index in [-0.39, 0.29) is 23.8 Å². The summed E-state index contributed by atoms with van der Waals surface area (Å²) in [5.74, 6) is 0.214. The molecular weight excluding hydrogens is 278 g/mol. The SMILES string of the molecule is CS(=O)(=O)NCC1CCCN(C(=O)C2C=CC(N)C2)C1. The first-order valence-electron chi connectivity index (χ1n) is 7.02. The van der Waals surface area contributed by atoms with Crippen molar-refractivity contribution in [3.05, 3.63) is 12.2 Å². The van der Waals surface area contributed by atoms with Gasteiger partial charge in [-0.3, -0.25) is 4.79 Å². The van der Waals surface area contributed by atoms with E-state index >= 15 is 0 Å². The molecule has 1 fully saturated rings. The van der Waals surface area contributed by atoms with E-state index in [2.05, 4.69) is 4.72 Å². The molecule has 0 radical (unpaired) electrons. The van der Waals surface area contributed by atoms with Crippen molar-refractivity contribution >= 4 is 15.9 Å². The van der Waals surface area contributed by atoms with E-state index in [9.17, 15) is 13.2 Å². The fourth-order valence-electron chi connectivity index (χ4n) is 2.85. The van der Waals surface area contributed by atoms with E-state index in [0.717, 1.165) is 25.6 Å². The van der Waals surface area contributed by atoms with Crippen molar-refractivity contribution < 1.29 is 13.2 Å². The molecule has 2 aliphatic rings. The van der Waals surface area contributed by atoms with Crippen LogP contribution in [-0.2, 0) is 14.8 Å². The topological polar surface area (TPSA) is 92.5 Å². The third-order valence-electron chi connectivity index (χ3n) is 3.90. The fraction of sp³-hybridized carbons (Fsp3) is 0.769. The van der Waals surface area contributed by atoms with Gasteiger partial charge in [0.1, 0.15) is 0 Å². The number of nitrogens with zero attached hydrogens (tertiary/aromatic N) is 1. The zero-order valence-corrected chi connectivity index (χ0v) is 12.6. The zero-order chi connectivity index (χ0) is 14.8. The number of carbonyl (C=O) groups excluding carboxylic acids is 1. The van der Waals surface area contributed by atoms with Gasteiger partial charge in [0.15, 0.2) is 0 Å². The molecule has 0 spiro atoms. The van der Waals surface area contributed by atoms with Gasteiger partial charge in [-0.25, -0.2) is 13.1 Å². The van der Waals surface area contributed by atoms with Gasteiger partial charge in [-0.15, -0.1) is 0 Å². The number of amides is 1. The molecule has 6 nitrogen and oxygen atoms in total. The highest BCUT2D eigenvalue weighted by atomic mass is 32.2. The minimum absolute atomic E-state index is 0.0172. The molecule has 7 heteroatoms. The van der Waals surface area contributed by atoms with Crippen molar-refractivity contribution in [2.45, 2.75) is 25.3 Å². The summed E-state index contributed by atoms with van der Waals surface area (Å²) >= 11 is 0. The molecule has 1 saturated heterocycles. The normalized spacial score (nSPS) is 30.7. The lowest BCUT2D eigenvalue weighted by atomic mass is 9.96. The molecule has 1 aliphatic carbocycles. The van der Waals surface area contributed by atoms with Gasteiger partial charge in [0.2, 0.25) is 15.9 Å². The number of rotatable bonds is 4. The standard InChI is InChI=1S/C13H23N3O3S/c1-20(18,19)15-8-10-3-2-6-16(9-10)13(17)11-4-5-12(14)7-11/h4-5,10-12,15H,2-3,6-9,14H2,1H3. The molecule has 0 aromatic heterocycles. The number of piperidine rings is 1. The number of hydrogen-bond acceptors (Lipinski definition) is 4. The molecule has 1 heterocycles. The van der Waals surface area contributed by atoms with Crippen LogP contribution < -0.4 is 10.5 Å². The Balaban J connectivity index is 1.87. The van der Waals surface area contributed by atoms with Crippen molar-refractivity contribution in [1.29, 1.82) is 0 Å². The van der Waals surface area contributed by atoms with Gasteiger partial charge in [-0.2, -0.15) is 0 Å². The molecule has 0 saturated carbocycles. The van der Waals surface area contributed by atoms with Gasteiger partial charge in [0, 0.05) is 25.7 Å². The van der Waals surface area contributed by atoms with Crippen molar-refractivity contribution in [3.63, 3.8) is 0 Å². The number of hydrogen-bond donors (Lipinski definition) is 2. The third-order valence-corrected chi connectivity index (χ3v) is 4.59. The highest BCUT2D eigenvalue weighted by Gasteiger charge is 2.30. The van der Waals surface area contributed by atoms with E-state index in [0.29, 0.717) is 19.5 Å². The van der Waals surface area contributed by atoms with Crippen LogP contribution >= 0.6 is 0 Å². The van der Waals surface area contributed by atoms with E-state index < -0.39 is 10.0 Å². The molecule has 0 bridgehead atoms. The summed E-state index contributed by atoms with van der Waals surface area (Å²) in [6.45, 7) is 1.79. The van der Waals surface area contributed by atoms with Gasteiger partial charge in [0.05, 0.1) is 12.2 Å². The molecule has 3 N–H and O–H groups in total. The lowest BCUT2D eigenvalue weighted by molar-refractivity contribution is -0.135. The zero-order valence-electron chi connectivity index (χ0n) is 11.8. The first-order chi connectivity index (χ1) is 9.35. The quantitative estimate of drug-likeness (QED) is 0.696. The van der Waals surface area contributed by atoms with Gasteiger partial charge in [-0.1, -0.05) is 12.2 Å². The van der Waals surface area contributed by atoms with Crippen molar-refractivity contribution in [2.75, 3.05) is 25.9 Å². The minimum Gasteiger partial charge on any atom is -0.342 e. The largest absolute Gasteiger partial charge is 0.342 e. The number of sulfonamides is 1. The smallest absolute Gasteiger partial charge is 0.229 e. The summed E-state index contributed by atoms with van der Waals surface area (Å²) in [5, 5.41) is 0. The highest BCUT2D eigenvalue weighted by molar-refractivity contribution is 7.88. The molecule has 1 amide bonds. The Morgan fingerprint density at radius 2 is 2.20 bits per heavy atom. The van der Waals surface area contributed by atoms with Gasteiger partial charge < -0.3 is 10.6 Å². The van der Waals surface area contributed by atoms with Crippen LogP contribution in [-0.4, -0.2) is 51.2 Å². The predicted molar refractivity (Wildman–Crippen MR) is 77.4 cm³/mol. The van der Waals surface area contributed by atoms with Crippen LogP contribution in [0.2, 0.25) is 0 Å². The van der Waals surface area contributed by atoms with E-state index in [4.69, 9.17) is 5.73 Å². The summed E-state index contributed by atoms with van der Waals surface area (Å²) in [4.78, 5) is 14.2. The van der Waals surface area contributed by atoms with Crippen molar-refractivity contribution in [2.24, 2.45) is 17.6 Å². The molecule has 1 aliphatic heterocycles. The van der Waals surface area contributed by atoms with Crippen molar-refractivity contribution in [1.82, 2.24) is 9.62 Å². The van der Waals surface area contributed by atoms with E-state index in [1.807, 2.05) is 17.1 Å². The van der Waals surface area contributed by atoms with Crippen LogP contribution in [0.5, 0.6) is 0 Å². The molecule has 0 aromatic rings. The van der Waals surface area contributed by atoms with E-state index in [1.165, 1.54) is 0 Å². The Hall–Kier alpha value is -0.920. The maximum Gasteiger partial charge on any atom is 0.229 e. The fourth-order valence-corrected chi connectivity index (χ4v) is 3.38. The Morgan fingerprint density at radius 3 is 2.80 bits per heavy atom. The molecule has 3 unspecified atom stereocenters. The van der Waals surface area contributed by atoms with Gasteiger partial charge in [0.25, 0.3) is 0 Å². The monoisotopic (exact) mass is 301 g/mol. The van der Waals surface area contributed by atoms with Crippen LogP contribution in [0, 0.1) is 11.8 Å². The van der Waals surface area contributed by atoms with Gasteiger partial charge >= 0.3 is 0 Å². The molecule has 2 rings (SSSR count). The van der Waals surface area contributed by atoms with Crippen LogP contribution in [0.25, 0.3) is 0 Å². The molecule has 114 valence electrons. The Morgan fingerprint density at radius 1 is 1.45 bits per heavy atom. The second-order valence-corrected chi connectivity index (χ2v) is 7.64. The van der Waals surface area contributed by atoms with E-state index in [1.54, 1.807) is 0 Å². The maximum atomic E-state index is 12.4. The maximum absolute atomic E-state index is 12.4. The number of carbonyl (C=O) groups is 1. The molecular formula is C13H23N3O3S. The number of likely N-dealkylation sites (tertiary alicyclic amines) is 1. The first-order valence-corrected chi connectivity index (χ1v) is 8.91. The lowest BCUT2D eigenvalue weighted by Crippen LogP contribution is -2.45. The Kier molecular flexibility index (Phi) is 4.82. The summed E-state index contributed by atoms with van der Waals surface area (Å²) in [6, 6.07) is -0.0172. The third kappa shape index (κ3) is 4.29. The summed E-state index contributed by atoms with van der Waals surface area (Å²) in [5.41, 5.74) is 5.78. The van der Waals surface area contributed by atoms with Crippen molar-refractivity contribution in [3.8, 4) is 0 Å². The van der Waals surface area contributed by atoms with Crippen LogP contribution in [0.15, 0.2) is 12.2 Å². The minimum atomic E-state index is -3.17. The number of nitrogens with two attached hydrogens (primary N) is 1. The highest BCUT2D eigenvalue weighted by Crippen LogP contribution is 2.23. The molecule has 20 heavy (non-hydrogen) atoms. The summed E-state index contributed by atoms with van der Waals surface area (Å²) in [6.07, 6.45) is 7.49. The average Bonchev–Trinajstić information content (AvgIpc) is 2.82. The van der Waals surface area contributed by atoms with Gasteiger partial charge in [-0.05, 0) is 25.2 Å². The second-order valence-electron chi connectivity index (χ2n) is 5.80. The van der Waals surface area contributed by atoms with Crippen LogP contribution in [0.4, 0.5) is 0 Å². The number of nitrogens with one attached hydrogen (secondary N) is 1. The summed E-state index contributed by atoms with van der Waals surface area (Å²) < 4.78 is 24.8. The molecule has 3 atom stereocenters.